The molecule has 2 aromatic rings. The number of aryl methyl sites for hydroxylation is 1. The van der Waals surface area contributed by atoms with Crippen LogP contribution in [-0.2, 0) is 18.9 Å². The zero-order chi connectivity index (χ0) is 21.9. The van der Waals surface area contributed by atoms with Crippen LogP contribution in [0.15, 0.2) is 15.9 Å². The SMILES string of the molecule is Cn1c(=O)c2c(ncn2[C@@H]2CN(C(=O)C(C)(C)N)C[C@@H](O)C[C@@]2(C)O)n(C)c1=O. The average Bonchev–Trinajstić information content (AvgIpc) is 2.99. The van der Waals surface area contributed by atoms with E-state index in [0.29, 0.717) is 0 Å². The van der Waals surface area contributed by atoms with Crippen molar-refractivity contribution in [3.8, 4) is 0 Å². The molecule has 3 rings (SSSR count). The van der Waals surface area contributed by atoms with Crippen molar-refractivity contribution in [3.05, 3.63) is 27.2 Å². The summed E-state index contributed by atoms with van der Waals surface area (Å²) >= 11 is 0. The fourth-order valence-electron chi connectivity index (χ4n) is 3.97. The number of hydrogen-bond donors (Lipinski definition) is 3. The van der Waals surface area contributed by atoms with Gasteiger partial charge in [-0.1, -0.05) is 0 Å². The fourth-order valence-corrected chi connectivity index (χ4v) is 3.97. The van der Waals surface area contributed by atoms with E-state index in [9.17, 15) is 24.6 Å². The summed E-state index contributed by atoms with van der Waals surface area (Å²) in [6.45, 7) is 4.70. The second-order valence-electron chi connectivity index (χ2n) is 8.69. The second kappa shape index (κ2) is 6.78. The molecule has 0 unspecified atom stereocenters. The zero-order valence-corrected chi connectivity index (χ0v) is 17.3. The van der Waals surface area contributed by atoms with E-state index in [1.54, 1.807) is 20.8 Å². The van der Waals surface area contributed by atoms with Gasteiger partial charge in [-0.25, -0.2) is 9.78 Å². The summed E-state index contributed by atoms with van der Waals surface area (Å²) in [6.07, 6.45) is 0.389. The molecule has 0 saturated carbocycles. The third-order valence-electron chi connectivity index (χ3n) is 5.54. The summed E-state index contributed by atoms with van der Waals surface area (Å²) in [4.78, 5) is 43.4. The highest BCUT2D eigenvalue weighted by molar-refractivity contribution is 5.85. The number of rotatable bonds is 2. The summed E-state index contributed by atoms with van der Waals surface area (Å²) in [6, 6.07) is -0.791. The minimum absolute atomic E-state index is 0.00917. The Kier molecular flexibility index (Phi) is 4.96. The first-order chi connectivity index (χ1) is 13.3. The number of hydrogen-bond acceptors (Lipinski definition) is 7. The van der Waals surface area contributed by atoms with Gasteiger partial charge in [0.2, 0.25) is 5.91 Å². The van der Waals surface area contributed by atoms with Crippen LogP contribution >= 0.6 is 0 Å². The monoisotopic (exact) mass is 408 g/mol. The normalized spacial score (nSPS) is 26.0. The zero-order valence-electron chi connectivity index (χ0n) is 17.3. The molecule has 160 valence electrons. The van der Waals surface area contributed by atoms with E-state index in [0.717, 1.165) is 4.57 Å². The molecule has 1 aliphatic rings. The van der Waals surface area contributed by atoms with Crippen molar-refractivity contribution < 1.29 is 15.0 Å². The number of likely N-dealkylation sites (tertiary alicyclic amines) is 1. The lowest BCUT2D eigenvalue weighted by Gasteiger charge is -2.35. The number of β-amino-alcohol motifs (C(OH)–C–C–N with tert-alkyl or cyclic N) is 1. The number of carbonyl (C=O) groups is 1. The van der Waals surface area contributed by atoms with Crippen LogP contribution in [0.1, 0.15) is 33.2 Å². The topological polar surface area (TPSA) is 149 Å². The molecule has 0 aliphatic carbocycles. The van der Waals surface area contributed by atoms with Crippen molar-refractivity contribution in [3.63, 3.8) is 0 Å². The van der Waals surface area contributed by atoms with Crippen LogP contribution in [0.3, 0.4) is 0 Å². The average molecular weight is 408 g/mol. The van der Waals surface area contributed by atoms with Crippen LogP contribution in [0.25, 0.3) is 11.2 Å². The Balaban J connectivity index is 2.21. The Bertz CT molecular complexity index is 1070. The number of aliphatic hydroxyl groups excluding tert-OH is 1. The Morgan fingerprint density at radius 2 is 1.90 bits per heavy atom. The maximum Gasteiger partial charge on any atom is 0.332 e. The molecule has 0 bridgehead atoms. The van der Waals surface area contributed by atoms with E-state index in [4.69, 9.17) is 5.73 Å². The van der Waals surface area contributed by atoms with E-state index in [-0.39, 0.29) is 36.6 Å². The van der Waals surface area contributed by atoms with Crippen LogP contribution in [0, 0.1) is 0 Å². The maximum atomic E-state index is 12.8. The van der Waals surface area contributed by atoms with Gasteiger partial charge in [-0.2, -0.15) is 0 Å². The van der Waals surface area contributed by atoms with Gasteiger partial charge in [0, 0.05) is 33.6 Å². The van der Waals surface area contributed by atoms with E-state index in [2.05, 4.69) is 4.98 Å². The van der Waals surface area contributed by atoms with Crippen LogP contribution < -0.4 is 17.0 Å². The Morgan fingerprint density at radius 3 is 2.48 bits per heavy atom. The molecule has 4 N–H and O–H groups in total. The minimum Gasteiger partial charge on any atom is -0.391 e. The lowest BCUT2D eigenvalue weighted by Crippen LogP contribution is -2.53. The molecular weight excluding hydrogens is 380 g/mol. The molecule has 1 fully saturated rings. The highest BCUT2D eigenvalue weighted by Gasteiger charge is 2.43. The quantitative estimate of drug-likeness (QED) is 0.523. The fraction of sp³-hybridized carbons (Fsp3) is 0.667. The standard InChI is InChI=1S/C18H28N6O5/c1-17(2,19)15(27)23-7-10(25)6-18(3,29)11(8-23)24-9-20-13-12(24)14(26)22(5)16(28)21(13)4/h9-11,25,29H,6-8,19H2,1-5H3/t10-,11+,18+/m0/s1. The predicted octanol–water partition coefficient (Wildman–Crippen LogP) is -1.94. The Labute approximate surface area is 167 Å². The number of imidazole rings is 1. The van der Waals surface area contributed by atoms with E-state index in [1.165, 1.54) is 34.5 Å². The molecule has 0 radical (unpaired) electrons. The third kappa shape index (κ3) is 3.49. The molecule has 1 aliphatic heterocycles. The number of carbonyl (C=O) groups excluding carboxylic acids is 1. The highest BCUT2D eigenvalue weighted by Crippen LogP contribution is 2.33. The summed E-state index contributed by atoms with van der Waals surface area (Å²) in [5, 5.41) is 21.5. The number of nitrogens with zero attached hydrogens (tertiary/aromatic N) is 5. The van der Waals surface area contributed by atoms with E-state index >= 15 is 0 Å². The number of fused-ring (bicyclic) bond motifs is 1. The molecular formula is C18H28N6O5. The second-order valence-corrected chi connectivity index (χ2v) is 8.69. The third-order valence-corrected chi connectivity index (χ3v) is 5.54. The van der Waals surface area contributed by atoms with Crippen LogP contribution in [0.4, 0.5) is 0 Å². The summed E-state index contributed by atoms with van der Waals surface area (Å²) in [7, 11) is 2.87. The van der Waals surface area contributed by atoms with Gasteiger partial charge in [0.15, 0.2) is 11.2 Å². The first-order valence-electron chi connectivity index (χ1n) is 9.37. The molecule has 2 aromatic heterocycles. The van der Waals surface area contributed by atoms with Gasteiger partial charge in [-0.3, -0.25) is 18.7 Å². The van der Waals surface area contributed by atoms with Crippen molar-refractivity contribution >= 4 is 17.1 Å². The van der Waals surface area contributed by atoms with Gasteiger partial charge in [-0.05, 0) is 20.8 Å². The molecule has 11 nitrogen and oxygen atoms in total. The molecule has 11 heteroatoms. The van der Waals surface area contributed by atoms with E-state index in [1.807, 2.05) is 0 Å². The first kappa shape index (κ1) is 21.2. The summed E-state index contributed by atoms with van der Waals surface area (Å²) < 4.78 is 3.70. The molecule has 29 heavy (non-hydrogen) atoms. The van der Waals surface area contributed by atoms with Crippen molar-refractivity contribution in [1.29, 1.82) is 0 Å². The van der Waals surface area contributed by atoms with Gasteiger partial charge in [0.05, 0.1) is 29.6 Å². The van der Waals surface area contributed by atoms with Gasteiger partial charge >= 0.3 is 5.69 Å². The van der Waals surface area contributed by atoms with Gasteiger partial charge in [-0.15, -0.1) is 0 Å². The minimum atomic E-state index is -1.46. The number of nitrogens with two attached hydrogens (primary N) is 1. The van der Waals surface area contributed by atoms with Crippen molar-refractivity contribution in [2.24, 2.45) is 19.8 Å². The predicted molar refractivity (Wildman–Crippen MR) is 105 cm³/mol. The lowest BCUT2D eigenvalue weighted by atomic mass is 9.91. The van der Waals surface area contributed by atoms with Crippen molar-refractivity contribution in [2.75, 3.05) is 13.1 Å². The molecule has 1 saturated heterocycles. The van der Waals surface area contributed by atoms with Gasteiger partial charge in [0.25, 0.3) is 5.56 Å². The van der Waals surface area contributed by atoms with E-state index < -0.39 is 34.5 Å². The van der Waals surface area contributed by atoms with Crippen LogP contribution in [-0.4, -0.2) is 70.0 Å². The maximum absolute atomic E-state index is 12.8. The van der Waals surface area contributed by atoms with Crippen molar-refractivity contribution in [2.45, 2.75) is 50.5 Å². The van der Waals surface area contributed by atoms with Crippen LogP contribution in [0.5, 0.6) is 0 Å². The first-order valence-corrected chi connectivity index (χ1v) is 9.37. The lowest BCUT2D eigenvalue weighted by molar-refractivity contribution is -0.137. The largest absolute Gasteiger partial charge is 0.391 e. The number of aromatic nitrogens is 4. The molecule has 0 aromatic carbocycles. The van der Waals surface area contributed by atoms with Crippen LogP contribution in [0.2, 0.25) is 0 Å². The smallest absolute Gasteiger partial charge is 0.332 e. The molecule has 3 heterocycles. The molecule has 0 spiro atoms. The summed E-state index contributed by atoms with van der Waals surface area (Å²) in [5.41, 5.74) is 2.57. The summed E-state index contributed by atoms with van der Waals surface area (Å²) in [5.74, 6) is -0.385. The van der Waals surface area contributed by atoms with Crippen molar-refractivity contribution in [1.82, 2.24) is 23.6 Å². The van der Waals surface area contributed by atoms with Gasteiger partial charge < -0.3 is 25.4 Å². The number of amides is 1. The Hall–Kier alpha value is -2.50. The molecule has 1 amide bonds. The van der Waals surface area contributed by atoms with Gasteiger partial charge in [0.1, 0.15) is 0 Å². The Morgan fingerprint density at radius 1 is 1.28 bits per heavy atom. The number of aliphatic hydroxyl groups is 2. The highest BCUT2D eigenvalue weighted by atomic mass is 16.3. The molecule has 3 atom stereocenters.